The zero-order valence-electron chi connectivity index (χ0n) is 16.6. The molecule has 0 unspecified atom stereocenters. The molecule has 1 aromatic rings. The average molecular weight is 411 g/mol. The van der Waals surface area contributed by atoms with E-state index in [2.05, 4.69) is 12.2 Å². The fourth-order valence-corrected chi connectivity index (χ4v) is 4.96. The number of nitrogens with zero attached hydrogens (tertiary/aromatic N) is 1. The molecule has 7 nitrogen and oxygen atoms in total. The summed E-state index contributed by atoms with van der Waals surface area (Å²) < 4.78 is 32.4. The van der Waals surface area contributed by atoms with Crippen LogP contribution in [-0.2, 0) is 19.6 Å². The fourth-order valence-electron chi connectivity index (χ4n) is 3.22. The van der Waals surface area contributed by atoms with Crippen LogP contribution in [0.15, 0.2) is 29.2 Å². The molecule has 2 rings (SSSR count). The van der Waals surface area contributed by atoms with Crippen molar-refractivity contribution in [2.45, 2.75) is 63.3 Å². The van der Waals surface area contributed by atoms with E-state index in [1.807, 2.05) is 6.92 Å². The molecule has 1 aromatic carbocycles. The number of piperidine rings is 1. The zero-order valence-corrected chi connectivity index (χ0v) is 17.5. The molecular weight excluding hydrogens is 380 g/mol. The highest BCUT2D eigenvalue weighted by atomic mass is 32.2. The van der Waals surface area contributed by atoms with Gasteiger partial charge in [-0.2, -0.15) is 4.31 Å². The van der Waals surface area contributed by atoms with Gasteiger partial charge in [0.25, 0.3) is 5.91 Å². The van der Waals surface area contributed by atoms with Crippen LogP contribution in [0.2, 0.25) is 0 Å². The molecule has 0 saturated carbocycles. The molecular formula is C20H30N2O5S. The number of ether oxygens (including phenoxy) is 1. The summed E-state index contributed by atoms with van der Waals surface area (Å²) in [5.74, 6) is -1.08. The maximum atomic E-state index is 12.9. The standard InChI is InChI=1S/C20H30N2O5S/c1-3-4-6-12-21-19(23)15-27-20(24)17-10-8-11-18(14-17)28(25,26)22-13-7-5-9-16(22)2/h8,10-11,14,16H,3-7,9,12-13,15H2,1-2H3,(H,21,23)/t16-/m0/s1. The van der Waals surface area contributed by atoms with Crippen molar-refractivity contribution in [2.24, 2.45) is 0 Å². The van der Waals surface area contributed by atoms with E-state index in [0.717, 1.165) is 38.5 Å². The number of carbonyl (C=O) groups is 2. The topological polar surface area (TPSA) is 92.8 Å². The molecule has 0 bridgehead atoms. The molecule has 0 aliphatic carbocycles. The van der Waals surface area contributed by atoms with E-state index < -0.39 is 16.0 Å². The number of unbranched alkanes of at least 4 members (excludes halogenated alkanes) is 2. The number of hydrogen-bond donors (Lipinski definition) is 1. The van der Waals surface area contributed by atoms with Gasteiger partial charge in [-0.1, -0.05) is 32.3 Å². The highest BCUT2D eigenvalue weighted by molar-refractivity contribution is 7.89. The second kappa shape index (κ2) is 10.6. The first-order chi connectivity index (χ1) is 13.4. The summed E-state index contributed by atoms with van der Waals surface area (Å²) in [5.41, 5.74) is 0.115. The van der Waals surface area contributed by atoms with Gasteiger partial charge in [-0.3, -0.25) is 4.79 Å². The van der Waals surface area contributed by atoms with Crippen molar-refractivity contribution in [3.63, 3.8) is 0 Å². The maximum absolute atomic E-state index is 12.9. The van der Waals surface area contributed by atoms with Crippen LogP contribution in [0.1, 0.15) is 62.7 Å². The molecule has 156 valence electrons. The van der Waals surface area contributed by atoms with Gasteiger partial charge in [-0.25, -0.2) is 13.2 Å². The Hall–Kier alpha value is -1.93. The Morgan fingerprint density at radius 1 is 1.25 bits per heavy atom. The van der Waals surface area contributed by atoms with Gasteiger partial charge in [0.2, 0.25) is 10.0 Å². The number of hydrogen-bond acceptors (Lipinski definition) is 5. The Morgan fingerprint density at radius 2 is 2.04 bits per heavy atom. The zero-order chi connectivity index (χ0) is 20.6. The van der Waals surface area contributed by atoms with E-state index >= 15 is 0 Å². The van der Waals surface area contributed by atoms with Crippen molar-refractivity contribution in [1.82, 2.24) is 9.62 Å². The Balaban J connectivity index is 1.98. The van der Waals surface area contributed by atoms with Crippen LogP contribution in [0.5, 0.6) is 0 Å². The van der Waals surface area contributed by atoms with Gasteiger partial charge < -0.3 is 10.1 Å². The van der Waals surface area contributed by atoms with Gasteiger partial charge in [0.15, 0.2) is 6.61 Å². The van der Waals surface area contributed by atoms with E-state index in [9.17, 15) is 18.0 Å². The predicted molar refractivity (Wildman–Crippen MR) is 106 cm³/mol. The van der Waals surface area contributed by atoms with Crippen molar-refractivity contribution in [3.8, 4) is 0 Å². The average Bonchev–Trinajstić information content (AvgIpc) is 2.69. The van der Waals surface area contributed by atoms with Crippen molar-refractivity contribution in [2.75, 3.05) is 19.7 Å². The number of benzene rings is 1. The molecule has 1 N–H and O–H groups in total. The van der Waals surface area contributed by atoms with E-state index in [0.29, 0.717) is 13.1 Å². The summed E-state index contributed by atoms with van der Waals surface area (Å²) in [7, 11) is -3.67. The summed E-state index contributed by atoms with van der Waals surface area (Å²) in [4.78, 5) is 24.0. The summed E-state index contributed by atoms with van der Waals surface area (Å²) in [6.45, 7) is 4.62. The van der Waals surface area contributed by atoms with Gasteiger partial charge in [-0.05, 0) is 44.4 Å². The Bertz CT molecular complexity index is 779. The quantitative estimate of drug-likeness (QED) is 0.499. The van der Waals surface area contributed by atoms with Crippen LogP contribution < -0.4 is 5.32 Å². The van der Waals surface area contributed by atoms with Crippen LogP contribution in [0.4, 0.5) is 0 Å². The molecule has 0 radical (unpaired) electrons. The van der Waals surface area contributed by atoms with Crippen LogP contribution in [0.3, 0.4) is 0 Å². The Labute approximate surface area is 167 Å². The lowest BCUT2D eigenvalue weighted by Crippen LogP contribution is -2.41. The number of nitrogens with one attached hydrogen (secondary N) is 1. The number of rotatable bonds is 9. The van der Waals surface area contributed by atoms with Crippen LogP contribution in [0, 0.1) is 0 Å². The van der Waals surface area contributed by atoms with Crippen molar-refractivity contribution in [1.29, 1.82) is 0 Å². The predicted octanol–water partition coefficient (Wildman–Crippen LogP) is 2.71. The smallest absolute Gasteiger partial charge is 0.338 e. The molecule has 1 fully saturated rings. The van der Waals surface area contributed by atoms with Gasteiger partial charge >= 0.3 is 5.97 Å². The molecule has 1 aliphatic rings. The van der Waals surface area contributed by atoms with E-state index in [4.69, 9.17) is 4.74 Å². The molecule has 8 heteroatoms. The number of carbonyl (C=O) groups excluding carboxylic acids is 2. The number of sulfonamides is 1. The first kappa shape index (κ1) is 22.4. The summed E-state index contributed by atoms with van der Waals surface area (Å²) in [5, 5.41) is 2.69. The van der Waals surface area contributed by atoms with Crippen LogP contribution >= 0.6 is 0 Å². The van der Waals surface area contributed by atoms with Crippen LogP contribution in [0.25, 0.3) is 0 Å². The minimum absolute atomic E-state index is 0.0641. The van der Waals surface area contributed by atoms with E-state index in [1.165, 1.54) is 28.6 Å². The molecule has 0 aromatic heterocycles. The second-order valence-electron chi connectivity index (χ2n) is 7.12. The Morgan fingerprint density at radius 3 is 2.75 bits per heavy atom. The Kier molecular flexibility index (Phi) is 8.44. The molecule has 1 aliphatic heterocycles. The highest BCUT2D eigenvalue weighted by Crippen LogP contribution is 2.25. The highest BCUT2D eigenvalue weighted by Gasteiger charge is 2.31. The van der Waals surface area contributed by atoms with Crippen LogP contribution in [-0.4, -0.2) is 50.3 Å². The third-order valence-corrected chi connectivity index (χ3v) is 6.86. The number of esters is 1. The molecule has 28 heavy (non-hydrogen) atoms. The second-order valence-corrected chi connectivity index (χ2v) is 9.01. The SMILES string of the molecule is CCCCCNC(=O)COC(=O)c1cccc(S(=O)(=O)N2CCCC[C@@H]2C)c1. The van der Waals surface area contributed by atoms with Gasteiger partial charge in [0, 0.05) is 19.1 Å². The first-order valence-electron chi connectivity index (χ1n) is 9.92. The monoisotopic (exact) mass is 410 g/mol. The fraction of sp³-hybridized carbons (Fsp3) is 0.600. The largest absolute Gasteiger partial charge is 0.452 e. The lowest BCUT2D eigenvalue weighted by Gasteiger charge is -2.32. The molecule has 0 spiro atoms. The molecule has 1 saturated heterocycles. The molecule has 1 amide bonds. The number of amides is 1. The van der Waals surface area contributed by atoms with Gasteiger partial charge in [0.1, 0.15) is 0 Å². The van der Waals surface area contributed by atoms with Crippen molar-refractivity contribution >= 4 is 21.9 Å². The minimum atomic E-state index is -3.67. The normalized spacial score (nSPS) is 17.9. The first-order valence-corrected chi connectivity index (χ1v) is 11.4. The minimum Gasteiger partial charge on any atom is -0.452 e. The van der Waals surface area contributed by atoms with E-state index in [1.54, 1.807) is 0 Å². The third-order valence-electron chi connectivity index (χ3n) is 4.86. The van der Waals surface area contributed by atoms with E-state index in [-0.39, 0.29) is 29.0 Å². The lowest BCUT2D eigenvalue weighted by molar-refractivity contribution is -0.124. The molecule has 1 heterocycles. The third kappa shape index (κ3) is 6.04. The summed E-state index contributed by atoms with van der Waals surface area (Å²) in [6, 6.07) is 5.74. The van der Waals surface area contributed by atoms with Gasteiger partial charge in [-0.15, -0.1) is 0 Å². The molecule has 1 atom stereocenters. The summed E-state index contributed by atoms with van der Waals surface area (Å²) >= 11 is 0. The lowest BCUT2D eigenvalue weighted by atomic mass is 10.1. The summed E-state index contributed by atoms with van der Waals surface area (Å²) in [6.07, 6.45) is 5.63. The van der Waals surface area contributed by atoms with Crippen molar-refractivity contribution in [3.05, 3.63) is 29.8 Å². The van der Waals surface area contributed by atoms with Gasteiger partial charge in [0.05, 0.1) is 10.5 Å². The maximum Gasteiger partial charge on any atom is 0.338 e. The van der Waals surface area contributed by atoms with Crippen molar-refractivity contribution < 1.29 is 22.7 Å².